The first kappa shape index (κ1) is 17.2. The first-order chi connectivity index (χ1) is 12.7. The van der Waals surface area contributed by atoms with Crippen LogP contribution in [0.25, 0.3) is 0 Å². The van der Waals surface area contributed by atoms with Gasteiger partial charge in [0.2, 0.25) is 0 Å². The summed E-state index contributed by atoms with van der Waals surface area (Å²) in [4.78, 5) is 16.2. The molecule has 3 rings (SSSR count). The van der Waals surface area contributed by atoms with Crippen molar-refractivity contribution < 1.29 is 9.53 Å². The molecule has 6 heteroatoms. The SMILES string of the molecule is N#Cc1ccc(Nc2cccc(C(=O)OCCCn3ccnc3)c2)cc1. The van der Waals surface area contributed by atoms with Gasteiger partial charge in [-0.2, -0.15) is 5.26 Å². The summed E-state index contributed by atoms with van der Waals surface area (Å²) in [6, 6.07) is 16.3. The Bertz CT molecular complexity index is 896. The lowest BCUT2D eigenvalue weighted by atomic mass is 10.2. The molecule has 0 aliphatic carbocycles. The highest BCUT2D eigenvalue weighted by molar-refractivity contribution is 5.90. The van der Waals surface area contributed by atoms with Gasteiger partial charge in [-0.15, -0.1) is 0 Å². The number of esters is 1. The van der Waals surface area contributed by atoms with Gasteiger partial charge in [-0.1, -0.05) is 6.07 Å². The van der Waals surface area contributed by atoms with Crippen LogP contribution in [0.15, 0.2) is 67.3 Å². The fourth-order valence-electron chi connectivity index (χ4n) is 2.43. The van der Waals surface area contributed by atoms with Crippen LogP contribution in [0.3, 0.4) is 0 Å². The predicted molar refractivity (Wildman–Crippen MR) is 98.0 cm³/mol. The monoisotopic (exact) mass is 346 g/mol. The fraction of sp³-hybridized carbons (Fsp3) is 0.150. The maximum atomic E-state index is 12.2. The number of carbonyl (C=O) groups is 1. The van der Waals surface area contributed by atoms with Gasteiger partial charge < -0.3 is 14.6 Å². The highest BCUT2D eigenvalue weighted by atomic mass is 16.5. The Kier molecular flexibility index (Phi) is 5.63. The number of ether oxygens (including phenoxy) is 1. The summed E-state index contributed by atoms with van der Waals surface area (Å²) in [7, 11) is 0. The molecule has 2 aromatic carbocycles. The smallest absolute Gasteiger partial charge is 0.338 e. The maximum Gasteiger partial charge on any atom is 0.338 e. The molecule has 26 heavy (non-hydrogen) atoms. The molecule has 0 spiro atoms. The standard InChI is InChI=1S/C20H18N4O2/c21-14-16-5-7-18(8-6-16)23-19-4-1-3-17(13-19)20(25)26-12-2-10-24-11-9-22-15-24/h1,3-9,11,13,15,23H,2,10,12H2. The van der Waals surface area contributed by atoms with Gasteiger partial charge in [0.05, 0.1) is 30.1 Å². The minimum atomic E-state index is -0.348. The van der Waals surface area contributed by atoms with Crippen molar-refractivity contribution >= 4 is 17.3 Å². The van der Waals surface area contributed by atoms with Crippen LogP contribution in [-0.4, -0.2) is 22.1 Å². The number of nitrogens with one attached hydrogen (secondary N) is 1. The molecule has 0 bridgehead atoms. The number of nitriles is 1. The Morgan fingerprint density at radius 2 is 2.04 bits per heavy atom. The molecule has 3 aromatic rings. The highest BCUT2D eigenvalue weighted by Gasteiger charge is 2.08. The zero-order valence-electron chi connectivity index (χ0n) is 14.1. The Balaban J connectivity index is 1.53. The zero-order valence-corrected chi connectivity index (χ0v) is 14.1. The van der Waals surface area contributed by atoms with Crippen molar-refractivity contribution in [1.82, 2.24) is 9.55 Å². The van der Waals surface area contributed by atoms with Gasteiger partial charge in [0.25, 0.3) is 0 Å². The van der Waals surface area contributed by atoms with Crippen LogP contribution in [0.4, 0.5) is 11.4 Å². The van der Waals surface area contributed by atoms with E-state index in [1.54, 1.807) is 42.9 Å². The molecule has 0 amide bonds. The molecule has 0 saturated carbocycles. The fourth-order valence-corrected chi connectivity index (χ4v) is 2.43. The van der Waals surface area contributed by atoms with E-state index in [1.165, 1.54) is 0 Å². The third-order valence-electron chi connectivity index (χ3n) is 3.75. The quantitative estimate of drug-likeness (QED) is 0.521. The summed E-state index contributed by atoms with van der Waals surface area (Å²) in [6.07, 6.45) is 6.06. The van der Waals surface area contributed by atoms with E-state index in [2.05, 4.69) is 16.4 Å². The Morgan fingerprint density at radius 1 is 1.19 bits per heavy atom. The van der Waals surface area contributed by atoms with E-state index < -0.39 is 0 Å². The summed E-state index contributed by atoms with van der Waals surface area (Å²) in [5, 5.41) is 12.0. The number of aryl methyl sites for hydroxylation is 1. The summed E-state index contributed by atoms with van der Waals surface area (Å²) < 4.78 is 7.27. The summed E-state index contributed by atoms with van der Waals surface area (Å²) in [5.41, 5.74) is 2.72. The average molecular weight is 346 g/mol. The van der Waals surface area contributed by atoms with Crippen molar-refractivity contribution in [3.05, 3.63) is 78.4 Å². The first-order valence-corrected chi connectivity index (χ1v) is 8.25. The Hall–Kier alpha value is -3.59. The van der Waals surface area contributed by atoms with Crippen LogP contribution < -0.4 is 5.32 Å². The summed E-state index contributed by atoms with van der Waals surface area (Å²) in [6.45, 7) is 1.11. The topological polar surface area (TPSA) is 79.9 Å². The van der Waals surface area contributed by atoms with E-state index in [4.69, 9.17) is 10.00 Å². The molecule has 0 radical (unpaired) electrons. The summed E-state index contributed by atoms with van der Waals surface area (Å²) in [5.74, 6) is -0.348. The van der Waals surface area contributed by atoms with Gasteiger partial charge >= 0.3 is 5.97 Å². The van der Waals surface area contributed by atoms with E-state index in [0.717, 1.165) is 24.3 Å². The number of hydrogen-bond acceptors (Lipinski definition) is 5. The average Bonchev–Trinajstić information content (AvgIpc) is 3.19. The maximum absolute atomic E-state index is 12.2. The van der Waals surface area contributed by atoms with Crippen LogP contribution in [0.1, 0.15) is 22.3 Å². The van der Waals surface area contributed by atoms with Crippen molar-refractivity contribution in [3.8, 4) is 6.07 Å². The van der Waals surface area contributed by atoms with Crippen molar-refractivity contribution in [2.75, 3.05) is 11.9 Å². The molecular formula is C20H18N4O2. The van der Waals surface area contributed by atoms with Crippen LogP contribution in [-0.2, 0) is 11.3 Å². The van der Waals surface area contributed by atoms with Gasteiger partial charge in [0, 0.05) is 30.3 Å². The molecule has 1 aromatic heterocycles. The molecule has 1 heterocycles. The molecule has 0 aliphatic rings. The normalized spacial score (nSPS) is 10.1. The molecule has 6 nitrogen and oxygen atoms in total. The molecule has 0 aliphatic heterocycles. The lowest BCUT2D eigenvalue weighted by molar-refractivity contribution is 0.0496. The second kappa shape index (κ2) is 8.49. The largest absolute Gasteiger partial charge is 0.462 e. The van der Waals surface area contributed by atoms with Crippen molar-refractivity contribution in [2.24, 2.45) is 0 Å². The number of imidazole rings is 1. The molecule has 130 valence electrons. The second-order valence-corrected chi connectivity index (χ2v) is 5.68. The Morgan fingerprint density at radius 3 is 2.77 bits per heavy atom. The lowest BCUT2D eigenvalue weighted by Gasteiger charge is -2.09. The van der Waals surface area contributed by atoms with Crippen LogP contribution in [0.2, 0.25) is 0 Å². The van der Waals surface area contributed by atoms with Crippen molar-refractivity contribution in [2.45, 2.75) is 13.0 Å². The minimum absolute atomic E-state index is 0.348. The second-order valence-electron chi connectivity index (χ2n) is 5.68. The van der Waals surface area contributed by atoms with Crippen LogP contribution in [0.5, 0.6) is 0 Å². The van der Waals surface area contributed by atoms with Crippen molar-refractivity contribution in [3.63, 3.8) is 0 Å². The highest BCUT2D eigenvalue weighted by Crippen LogP contribution is 2.18. The molecule has 0 unspecified atom stereocenters. The van der Waals surface area contributed by atoms with Crippen molar-refractivity contribution in [1.29, 1.82) is 5.26 Å². The Labute approximate surface area is 151 Å². The van der Waals surface area contributed by atoms with E-state index >= 15 is 0 Å². The molecule has 0 saturated heterocycles. The van der Waals surface area contributed by atoms with Gasteiger partial charge in [-0.3, -0.25) is 0 Å². The predicted octanol–water partition coefficient (Wildman–Crippen LogP) is 3.75. The third kappa shape index (κ3) is 4.71. The minimum Gasteiger partial charge on any atom is -0.462 e. The van der Waals surface area contributed by atoms with Gasteiger partial charge in [-0.05, 0) is 48.9 Å². The number of benzene rings is 2. The van der Waals surface area contributed by atoms with E-state index in [-0.39, 0.29) is 5.97 Å². The van der Waals surface area contributed by atoms with Crippen LogP contribution in [0, 0.1) is 11.3 Å². The lowest BCUT2D eigenvalue weighted by Crippen LogP contribution is -2.08. The summed E-state index contributed by atoms with van der Waals surface area (Å²) >= 11 is 0. The van der Waals surface area contributed by atoms with Gasteiger partial charge in [0.1, 0.15) is 0 Å². The van der Waals surface area contributed by atoms with Crippen LogP contribution >= 0.6 is 0 Å². The number of carbonyl (C=O) groups excluding carboxylic acids is 1. The van der Waals surface area contributed by atoms with E-state index in [0.29, 0.717) is 17.7 Å². The zero-order chi connectivity index (χ0) is 18.2. The number of hydrogen-bond donors (Lipinski definition) is 1. The van der Waals surface area contributed by atoms with Gasteiger partial charge in [-0.25, -0.2) is 9.78 Å². The molecule has 0 fully saturated rings. The molecule has 0 atom stereocenters. The van der Waals surface area contributed by atoms with E-state index in [9.17, 15) is 4.79 Å². The number of nitrogens with zero attached hydrogens (tertiary/aromatic N) is 3. The first-order valence-electron chi connectivity index (χ1n) is 8.25. The molecular weight excluding hydrogens is 328 g/mol. The third-order valence-corrected chi connectivity index (χ3v) is 3.75. The number of aromatic nitrogens is 2. The molecule has 1 N–H and O–H groups in total. The number of anilines is 2. The van der Waals surface area contributed by atoms with Gasteiger partial charge in [0.15, 0.2) is 0 Å². The van der Waals surface area contributed by atoms with E-state index in [1.807, 2.05) is 29.0 Å². The number of rotatable bonds is 7.